The van der Waals surface area contributed by atoms with Gasteiger partial charge in [0.2, 0.25) is 0 Å². The van der Waals surface area contributed by atoms with E-state index in [-0.39, 0.29) is 17.9 Å². The topological polar surface area (TPSA) is 49.4 Å². The Morgan fingerprint density at radius 2 is 1.94 bits per heavy atom. The number of likely N-dealkylation sites (tertiary alicyclic amines) is 1. The van der Waals surface area contributed by atoms with E-state index in [0.717, 1.165) is 46.5 Å². The molecule has 1 saturated heterocycles. The first-order chi connectivity index (χ1) is 15.6. The van der Waals surface area contributed by atoms with Crippen molar-refractivity contribution >= 4 is 23.2 Å². The third kappa shape index (κ3) is 3.86. The number of carbonyl (C=O) groups is 2. The predicted molar refractivity (Wildman–Crippen MR) is 129 cm³/mol. The van der Waals surface area contributed by atoms with E-state index >= 15 is 0 Å². The molecular weight excluding hydrogens is 416 g/mol. The number of nitrogens with zero attached hydrogens (tertiary/aromatic N) is 1. The molecule has 5 heteroatoms. The molecule has 2 aromatic carbocycles. The summed E-state index contributed by atoms with van der Waals surface area (Å²) in [5.41, 5.74) is 4.83. The van der Waals surface area contributed by atoms with Crippen molar-refractivity contribution in [2.45, 2.75) is 32.7 Å². The Labute approximate surface area is 193 Å². The van der Waals surface area contributed by atoms with Crippen LogP contribution in [0.5, 0.6) is 0 Å². The molecule has 1 N–H and O–H groups in total. The van der Waals surface area contributed by atoms with Crippen LogP contribution in [0.15, 0.2) is 60.0 Å². The van der Waals surface area contributed by atoms with E-state index in [9.17, 15) is 9.59 Å². The van der Waals surface area contributed by atoms with Gasteiger partial charge in [-0.3, -0.25) is 9.59 Å². The summed E-state index contributed by atoms with van der Waals surface area (Å²) < 4.78 is 0. The van der Waals surface area contributed by atoms with Crippen LogP contribution in [0.2, 0.25) is 0 Å². The summed E-state index contributed by atoms with van der Waals surface area (Å²) in [6, 6.07) is 18.1. The van der Waals surface area contributed by atoms with E-state index < -0.39 is 0 Å². The molecule has 0 spiro atoms. The first-order valence-electron chi connectivity index (χ1n) is 11.4. The number of fused-ring (bicyclic) bond motifs is 1. The maximum Gasteiger partial charge on any atom is 0.255 e. The highest BCUT2D eigenvalue weighted by atomic mass is 32.1. The number of piperidine rings is 1. The average Bonchev–Trinajstić information content (AvgIpc) is 3.24. The summed E-state index contributed by atoms with van der Waals surface area (Å²) in [7, 11) is 0. The quantitative estimate of drug-likeness (QED) is 0.570. The van der Waals surface area contributed by atoms with Crippen molar-refractivity contribution in [3.8, 4) is 10.4 Å². The second-order valence-corrected chi connectivity index (χ2v) is 9.85. The molecule has 164 valence electrons. The molecule has 1 aromatic heterocycles. The van der Waals surface area contributed by atoms with E-state index in [1.54, 1.807) is 11.3 Å². The van der Waals surface area contributed by atoms with E-state index in [0.29, 0.717) is 18.4 Å². The summed E-state index contributed by atoms with van der Waals surface area (Å²) >= 11 is 1.61. The normalized spacial score (nSPS) is 21.3. The molecule has 1 aliphatic carbocycles. The molecule has 2 heterocycles. The minimum atomic E-state index is -0.0464. The van der Waals surface area contributed by atoms with Crippen molar-refractivity contribution in [1.82, 2.24) is 10.2 Å². The van der Waals surface area contributed by atoms with Gasteiger partial charge in [0.25, 0.3) is 11.8 Å². The lowest BCUT2D eigenvalue weighted by molar-refractivity contribution is 0.0696. The van der Waals surface area contributed by atoms with Gasteiger partial charge in [-0.25, -0.2) is 0 Å². The third-order valence-electron chi connectivity index (χ3n) is 6.85. The van der Waals surface area contributed by atoms with Gasteiger partial charge in [0, 0.05) is 23.5 Å². The molecule has 0 bridgehead atoms. The number of nitrogens with one attached hydrogen (secondary N) is 1. The van der Waals surface area contributed by atoms with Crippen LogP contribution in [0, 0.1) is 18.8 Å². The zero-order chi connectivity index (χ0) is 22.2. The number of hydrogen-bond donors (Lipinski definition) is 1. The molecule has 1 saturated carbocycles. The highest BCUT2D eigenvalue weighted by molar-refractivity contribution is 7.14. The molecular formula is C27H28N2O2S. The van der Waals surface area contributed by atoms with Crippen molar-refractivity contribution in [1.29, 1.82) is 0 Å². The molecule has 3 aromatic rings. The van der Waals surface area contributed by atoms with Crippen molar-refractivity contribution < 1.29 is 9.59 Å². The highest BCUT2D eigenvalue weighted by Crippen LogP contribution is 2.50. The maximum atomic E-state index is 13.6. The lowest BCUT2D eigenvalue weighted by Gasteiger charge is -2.28. The maximum absolute atomic E-state index is 13.6. The van der Waals surface area contributed by atoms with Crippen LogP contribution in [0.1, 0.15) is 45.2 Å². The molecule has 3 atom stereocenters. The van der Waals surface area contributed by atoms with Crippen LogP contribution in [0.3, 0.4) is 0 Å². The minimum Gasteiger partial charge on any atom is -0.350 e. The van der Waals surface area contributed by atoms with Gasteiger partial charge in [0.15, 0.2) is 0 Å². The van der Waals surface area contributed by atoms with E-state index in [2.05, 4.69) is 37.4 Å². The number of hydrogen-bond acceptors (Lipinski definition) is 3. The lowest BCUT2D eigenvalue weighted by Crippen LogP contribution is -2.45. The van der Waals surface area contributed by atoms with Gasteiger partial charge in [-0.1, -0.05) is 55.0 Å². The number of benzene rings is 2. The zero-order valence-corrected chi connectivity index (χ0v) is 19.3. The van der Waals surface area contributed by atoms with Crippen molar-refractivity contribution in [2.75, 3.05) is 13.1 Å². The number of rotatable bonds is 6. The van der Waals surface area contributed by atoms with Crippen molar-refractivity contribution in [3.05, 3.63) is 82.2 Å². The van der Waals surface area contributed by atoms with E-state index in [1.807, 2.05) is 46.7 Å². The summed E-state index contributed by atoms with van der Waals surface area (Å²) in [6.07, 6.45) is 1.98. The second kappa shape index (κ2) is 8.55. The van der Waals surface area contributed by atoms with E-state index in [1.165, 1.54) is 5.56 Å². The Morgan fingerprint density at radius 3 is 2.75 bits per heavy atom. The zero-order valence-electron chi connectivity index (χ0n) is 18.5. The van der Waals surface area contributed by atoms with Gasteiger partial charge >= 0.3 is 0 Å². The number of amides is 2. The van der Waals surface area contributed by atoms with Gasteiger partial charge in [0.1, 0.15) is 0 Å². The van der Waals surface area contributed by atoms with Gasteiger partial charge < -0.3 is 10.2 Å². The Bertz CT molecular complexity index is 1170. The minimum absolute atomic E-state index is 0.0464. The fourth-order valence-electron chi connectivity index (χ4n) is 5.05. The first-order valence-corrected chi connectivity index (χ1v) is 12.3. The summed E-state index contributed by atoms with van der Waals surface area (Å²) in [4.78, 5) is 29.5. The monoisotopic (exact) mass is 444 g/mol. The van der Waals surface area contributed by atoms with Crippen LogP contribution in [0.25, 0.3) is 10.4 Å². The highest BCUT2D eigenvalue weighted by Gasteiger charge is 2.54. The Kier molecular flexibility index (Phi) is 5.60. The Hall–Kier alpha value is -2.92. The van der Waals surface area contributed by atoms with Crippen LogP contribution in [0.4, 0.5) is 0 Å². The third-order valence-corrected chi connectivity index (χ3v) is 7.82. The number of carbonyl (C=O) groups excluding carboxylic acids is 2. The fraction of sp³-hybridized carbons (Fsp3) is 0.333. The number of aryl methyl sites for hydroxylation is 2. The molecule has 0 radical (unpaired) electrons. The van der Waals surface area contributed by atoms with Crippen LogP contribution >= 0.6 is 11.3 Å². The standard InChI is InChI=1S/C27H28N2O2S/c1-3-18-8-4-5-10-21(18)26(30)28-15-24-23-14-20(23)16-29(24)27(31)22-11-12-32-25(22)19-9-6-7-17(2)13-19/h4-13,20,23-24H,3,14-16H2,1-2H3,(H,28,30)/t20-,23?,24+/m0/s1. The average molecular weight is 445 g/mol. The lowest BCUT2D eigenvalue weighted by atomic mass is 10.0. The molecule has 2 fully saturated rings. The first kappa shape index (κ1) is 21.0. The van der Waals surface area contributed by atoms with Gasteiger partial charge in [-0.05, 0) is 60.2 Å². The fourth-order valence-corrected chi connectivity index (χ4v) is 5.94. The Morgan fingerprint density at radius 1 is 1.09 bits per heavy atom. The molecule has 32 heavy (non-hydrogen) atoms. The molecule has 5 rings (SSSR count). The predicted octanol–water partition coefficient (Wildman–Crippen LogP) is 5.18. The molecule has 1 aliphatic heterocycles. The largest absolute Gasteiger partial charge is 0.350 e. The SMILES string of the molecule is CCc1ccccc1C(=O)NC[C@@H]1C2C[C@H]2CN1C(=O)c1ccsc1-c1cccc(C)c1. The van der Waals surface area contributed by atoms with Crippen LogP contribution in [-0.4, -0.2) is 35.8 Å². The molecule has 2 amide bonds. The van der Waals surface area contributed by atoms with Gasteiger partial charge in [-0.15, -0.1) is 11.3 Å². The van der Waals surface area contributed by atoms with Crippen molar-refractivity contribution in [2.24, 2.45) is 11.8 Å². The summed E-state index contributed by atoms with van der Waals surface area (Å²) in [6.45, 7) is 5.43. The molecule has 1 unspecified atom stereocenters. The Balaban J connectivity index is 1.33. The summed E-state index contributed by atoms with van der Waals surface area (Å²) in [5.74, 6) is 1.12. The second-order valence-electron chi connectivity index (χ2n) is 8.94. The number of thiophene rings is 1. The smallest absolute Gasteiger partial charge is 0.255 e. The van der Waals surface area contributed by atoms with Crippen molar-refractivity contribution in [3.63, 3.8) is 0 Å². The summed E-state index contributed by atoms with van der Waals surface area (Å²) in [5, 5.41) is 5.13. The van der Waals surface area contributed by atoms with Crippen LogP contribution in [-0.2, 0) is 6.42 Å². The van der Waals surface area contributed by atoms with Crippen LogP contribution < -0.4 is 5.32 Å². The molecule has 4 nitrogen and oxygen atoms in total. The van der Waals surface area contributed by atoms with Gasteiger partial charge in [0.05, 0.1) is 11.6 Å². The molecule has 2 aliphatic rings. The van der Waals surface area contributed by atoms with E-state index in [4.69, 9.17) is 0 Å². The van der Waals surface area contributed by atoms with Gasteiger partial charge in [-0.2, -0.15) is 0 Å².